The highest BCUT2D eigenvalue weighted by atomic mass is 32.2. The molecule has 8 heteroatoms. The summed E-state index contributed by atoms with van der Waals surface area (Å²) in [6.45, 7) is 8.67. The van der Waals surface area contributed by atoms with E-state index in [-0.39, 0.29) is 11.3 Å². The number of nitrogens with one attached hydrogen (secondary N) is 2. The third-order valence-electron chi connectivity index (χ3n) is 2.57. The highest BCUT2D eigenvalue weighted by Gasteiger charge is 2.18. The summed E-state index contributed by atoms with van der Waals surface area (Å²) in [7, 11) is 0. The number of thioether (sulfide) groups is 1. The standard InChI is InChI=1S/C13H19N5OS2/c1-8-15-12(18-17-8)21-7-10(19)14-5-9-6-20-11(16-9)13(2,3)4/h6H,5,7H2,1-4H3,(H,14,19)(H,15,17,18). The lowest BCUT2D eigenvalue weighted by molar-refractivity contribution is -0.118. The largest absolute Gasteiger partial charge is 0.350 e. The van der Waals surface area contributed by atoms with Gasteiger partial charge in [0.05, 0.1) is 23.0 Å². The first-order valence-corrected chi connectivity index (χ1v) is 8.44. The van der Waals surface area contributed by atoms with Gasteiger partial charge in [-0.1, -0.05) is 32.5 Å². The Bertz CT molecular complexity index is 614. The van der Waals surface area contributed by atoms with E-state index >= 15 is 0 Å². The number of aryl methyl sites for hydroxylation is 1. The summed E-state index contributed by atoms with van der Waals surface area (Å²) in [4.78, 5) is 20.5. The van der Waals surface area contributed by atoms with Crippen molar-refractivity contribution >= 4 is 29.0 Å². The molecule has 2 rings (SSSR count). The van der Waals surface area contributed by atoms with Crippen LogP contribution >= 0.6 is 23.1 Å². The van der Waals surface area contributed by atoms with Gasteiger partial charge in [0.25, 0.3) is 0 Å². The molecule has 0 unspecified atom stereocenters. The normalized spacial score (nSPS) is 11.6. The summed E-state index contributed by atoms with van der Waals surface area (Å²) in [5, 5.41) is 13.2. The van der Waals surface area contributed by atoms with Crippen LogP contribution in [0.4, 0.5) is 0 Å². The third kappa shape index (κ3) is 4.82. The molecule has 2 aromatic rings. The molecule has 0 aliphatic heterocycles. The Morgan fingerprint density at radius 2 is 2.19 bits per heavy atom. The van der Waals surface area contributed by atoms with E-state index in [1.165, 1.54) is 11.8 Å². The lowest BCUT2D eigenvalue weighted by Crippen LogP contribution is -2.25. The second kappa shape index (κ2) is 6.57. The molecule has 0 fully saturated rings. The molecule has 0 atom stereocenters. The molecule has 0 bridgehead atoms. The summed E-state index contributed by atoms with van der Waals surface area (Å²) in [6, 6.07) is 0. The Hall–Kier alpha value is -1.41. The van der Waals surface area contributed by atoms with Crippen molar-refractivity contribution in [2.24, 2.45) is 0 Å². The molecule has 0 aliphatic carbocycles. The van der Waals surface area contributed by atoms with Gasteiger partial charge in [0, 0.05) is 10.8 Å². The molecule has 0 radical (unpaired) electrons. The van der Waals surface area contributed by atoms with E-state index in [0.717, 1.165) is 16.5 Å². The highest BCUT2D eigenvalue weighted by Crippen LogP contribution is 2.25. The molecular formula is C13H19N5OS2. The van der Waals surface area contributed by atoms with Crippen LogP contribution in [0.3, 0.4) is 0 Å². The Morgan fingerprint density at radius 1 is 1.43 bits per heavy atom. The van der Waals surface area contributed by atoms with Crippen LogP contribution in [0.25, 0.3) is 0 Å². The summed E-state index contributed by atoms with van der Waals surface area (Å²) >= 11 is 2.94. The van der Waals surface area contributed by atoms with Crippen LogP contribution in [0, 0.1) is 6.92 Å². The number of aromatic nitrogens is 4. The number of thiazole rings is 1. The van der Waals surface area contributed by atoms with Crippen molar-refractivity contribution in [3.8, 4) is 0 Å². The minimum Gasteiger partial charge on any atom is -0.350 e. The van der Waals surface area contributed by atoms with Crippen LogP contribution in [0.5, 0.6) is 0 Å². The topological polar surface area (TPSA) is 83.6 Å². The van der Waals surface area contributed by atoms with E-state index in [1.807, 2.05) is 12.3 Å². The molecule has 0 aliphatic rings. The van der Waals surface area contributed by atoms with Gasteiger partial charge in [0.15, 0.2) is 0 Å². The Balaban J connectivity index is 1.77. The average molecular weight is 325 g/mol. The van der Waals surface area contributed by atoms with Crippen LogP contribution in [-0.4, -0.2) is 31.8 Å². The van der Waals surface area contributed by atoms with Crippen molar-refractivity contribution in [2.45, 2.75) is 44.8 Å². The quantitative estimate of drug-likeness (QED) is 0.824. The van der Waals surface area contributed by atoms with Crippen molar-refractivity contribution in [3.63, 3.8) is 0 Å². The molecule has 21 heavy (non-hydrogen) atoms. The second-order valence-electron chi connectivity index (χ2n) is 5.66. The molecule has 2 N–H and O–H groups in total. The molecule has 1 amide bonds. The number of hydrogen-bond acceptors (Lipinski definition) is 6. The van der Waals surface area contributed by atoms with Crippen molar-refractivity contribution in [2.75, 3.05) is 5.75 Å². The van der Waals surface area contributed by atoms with Crippen LogP contribution in [-0.2, 0) is 16.8 Å². The molecule has 6 nitrogen and oxygen atoms in total. The minimum absolute atomic E-state index is 0.0479. The monoisotopic (exact) mass is 325 g/mol. The van der Waals surface area contributed by atoms with E-state index in [9.17, 15) is 4.79 Å². The minimum atomic E-state index is -0.0484. The van der Waals surface area contributed by atoms with E-state index in [2.05, 4.69) is 46.3 Å². The lowest BCUT2D eigenvalue weighted by atomic mass is 9.98. The predicted octanol–water partition coefficient (Wildman–Crippen LogP) is 2.28. The number of carbonyl (C=O) groups excluding carboxylic acids is 1. The zero-order valence-electron chi connectivity index (χ0n) is 12.6. The van der Waals surface area contributed by atoms with Crippen molar-refractivity contribution < 1.29 is 4.79 Å². The number of amides is 1. The number of hydrogen-bond donors (Lipinski definition) is 2. The van der Waals surface area contributed by atoms with Gasteiger partial charge in [-0.2, -0.15) is 0 Å². The average Bonchev–Trinajstić information content (AvgIpc) is 3.02. The summed E-state index contributed by atoms with van der Waals surface area (Å²) in [5.41, 5.74) is 0.948. The van der Waals surface area contributed by atoms with Crippen LogP contribution in [0.1, 0.15) is 37.3 Å². The summed E-state index contributed by atoms with van der Waals surface area (Å²) in [5.74, 6) is 0.996. The number of rotatable bonds is 5. The zero-order chi connectivity index (χ0) is 15.5. The molecule has 0 spiro atoms. The predicted molar refractivity (Wildman–Crippen MR) is 84.5 cm³/mol. The molecule has 0 aromatic carbocycles. The van der Waals surface area contributed by atoms with Crippen molar-refractivity contribution in [3.05, 3.63) is 21.9 Å². The summed E-state index contributed by atoms with van der Waals surface area (Å²) in [6.07, 6.45) is 0. The highest BCUT2D eigenvalue weighted by molar-refractivity contribution is 7.99. The molecule has 0 saturated carbocycles. The smallest absolute Gasteiger partial charge is 0.230 e. The van der Waals surface area contributed by atoms with Gasteiger partial charge in [-0.05, 0) is 6.92 Å². The maximum Gasteiger partial charge on any atom is 0.230 e. The first-order valence-electron chi connectivity index (χ1n) is 6.58. The van der Waals surface area contributed by atoms with E-state index in [0.29, 0.717) is 17.5 Å². The molecule has 2 heterocycles. The number of nitrogens with zero attached hydrogens (tertiary/aromatic N) is 3. The van der Waals surface area contributed by atoms with Gasteiger partial charge in [0.2, 0.25) is 11.1 Å². The zero-order valence-corrected chi connectivity index (χ0v) is 14.2. The maximum absolute atomic E-state index is 11.8. The second-order valence-corrected chi connectivity index (χ2v) is 7.46. The molecule has 114 valence electrons. The Morgan fingerprint density at radius 3 is 2.76 bits per heavy atom. The maximum atomic E-state index is 11.8. The van der Waals surface area contributed by atoms with Crippen molar-refractivity contribution in [1.82, 2.24) is 25.5 Å². The molecular weight excluding hydrogens is 306 g/mol. The first kappa shape index (κ1) is 16.0. The van der Waals surface area contributed by atoms with Gasteiger partial charge in [-0.15, -0.1) is 16.4 Å². The Kier molecular flexibility index (Phi) is 5.00. The van der Waals surface area contributed by atoms with E-state index < -0.39 is 0 Å². The molecule has 0 saturated heterocycles. The van der Waals surface area contributed by atoms with E-state index in [4.69, 9.17) is 0 Å². The van der Waals surface area contributed by atoms with Gasteiger partial charge >= 0.3 is 0 Å². The molecule has 2 aromatic heterocycles. The van der Waals surface area contributed by atoms with Gasteiger partial charge in [0.1, 0.15) is 5.82 Å². The fourth-order valence-corrected chi connectivity index (χ4v) is 3.07. The van der Waals surface area contributed by atoms with Gasteiger partial charge in [-0.3, -0.25) is 9.89 Å². The van der Waals surface area contributed by atoms with Crippen molar-refractivity contribution in [1.29, 1.82) is 0 Å². The SMILES string of the molecule is Cc1nc(SCC(=O)NCc2csc(C(C)(C)C)n2)n[nH]1. The van der Waals surface area contributed by atoms with E-state index in [1.54, 1.807) is 11.3 Å². The van der Waals surface area contributed by atoms with Crippen LogP contribution < -0.4 is 5.32 Å². The fraction of sp³-hybridized carbons (Fsp3) is 0.538. The van der Waals surface area contributed by atoms with Gasteiger partial charge in [-0.25, -0.2) is 9.97 Å². The van der Waals surface area contributed by atoms with Gasteiger partial charge < -0.3 is 5.32 Å². The lowest BCUT2D eigenvalue weighted by Gasteiger charge is -2.13. The fourth-order valence-electron chi connectivity index (χ4n) is 1.49. The third-order valence-corrected chi connectivity index (χ3v) is 4.73. The summed E-state index contributed by atoms with van der Waals surface area (Å²) < 4.78 is 0. The van der Waals surface area contributed by atoms with Crippen LogP contribution in [0.15, 0.2) is 10.5 Å². The number of H-pyrrole nitrogens is 1. The number of carbonyl (C=O) groups is 1. The number of aromatic amines is 1. The first-order chi connectivity index (χ1) is 9.84. The van der Waals surface area contributed by atoms with Crippen LogP contribution in [0.2, 0.25) is 0 Å². The Labute approximate surface area is 132 Å².